The summed E-state index contributed by atoms with van der Waals surface area (Å²) in [5.41, 5.74) is -3.75. The summed E-state index contributed by atoms with van der Waals surface area (Å²) >= 11 is 0. The molecule has 66 heavy (non-hydrogen) atoms. The predicted octanol–water partition coefficient (Wildman–Crippen LogP) is 3.62. The second-order valence-corrected chi connectivity index (χ2v) is 21.9. The molecular weight excluding hydrogens is 1000 g/mol. The van der Waals surface area contributed by atoms with Gasteiger partial charge in [0.05, 0.1) is 42.1 Å². The number of benzene rings is 6. The molecule has 0 saturated carbocycles. The minimum Gasteiger partial charge on any atom is -0.321 e. The van der Waals surface area contributed by atoms with Gasteiger partial charge in [0.2, 0.25) is 0 Å². The molecule has 6 rings (SSSR count). The molecule has 25 nitrogen and oxygen atoms in total. The highest BCUT2D eigenvalue weighted by molar-refractivity contribution is 7.87. The smallest absolute Gasteiger partial charge is 0.321 e. The average molecular weight is 1030 g/mol. The Hall–Kier alpha value is -6.49. The summed E-state index contributed by atoms with van der Waals surface area (Å²) < 4.78 is 203. The van der Waals surface area contributed by atoms with Gasteiger partial charge in [-0.05, 0) is 95.7 Å². The van der Waals surface area contributed by atoms with E-state index in [1.807, 2.05) is 0 Å². The second-order valence-electron chi connectivity index (χ2n) is 13.5. The van der Waals surface area contributed by atoms with E-state index in [9.17, 15) is 92.2 Å². The highest BCUT2D eigenvalue weighted by Gasteiger charge is 2.27. The molecule has 0 aromatic heterocycles. The summed E-state index contributed by atoms with van der Waals surface area (Å²) in [4.78, 5) is 34.5. The van der Waals surface area contributed by atoms with E-state index in [1.165, 1.54) is 0 Å². The van der Waals surface area contributed by atoms with Crippen molar-refractivity contribution in [2.45, 2.75) is 29.4 Å². The fourth-order valence-electron chi connectivity index (χ4n) is 6.12. The summed E-state index contributed by atoms with van der Waals surface area (Å²) in [6, 6.07) is 11.6. The Morgan fingerprint density at radius 3 is 0.985 bits per heavy atom. The molecule has 0 aliphatic carbocycles. The molecule has 6 aromatic carbocycles. The van der Waals surface area contributed by atoms with Crippen LogP contribution in [0.1, 0.15) is 20.7 Å². The van der Waals surface area contributed by atoms with Gasteiger partial charge in [0.1, 0.15) is 9.79 Å². The first-order chi connectivity index (χ1) is 30.2. The van der Waals surface area contributed by atoms with E-state index >= 15 is 0 Å². The number of hydrogen-bond acceptors (Lipinski definition) is 15. The van der Waals surface area contributed by atoms with Gasteiger partial charge in [-0.3, -0.25) is 36.9 Å². The maximum absolute atomic E-state index is 13.5. The van der Waals surface area contributed by atoms with Crippen molar-refractivity contribution < 1.29 is 92.2 Å². The van der Waals surface area contributed by atoms with Crippen LogP contribution in [-0.4, -0.2) is 95.7 Å². The third-order valence-corrected chi connectivity index (χ3v) is 14.2. The molecule has 4 amide bonds. The molecule has 0 fully saturated rings. The summed E-state index contributed by atoms with van der Waals surface area (Å²) in [7, 11) is -30.4. The quantitative estimate of drug-likeness (QED) is 0.0782. The lowest BCUT2D eigenvalue weighted by Gasteiger charge is -2.15. The van der Waals surface area contributed by atoms with Gasteiger partial charge in [-0.2, -0.15) is 50.5 Å². The number of rotatable bonds is 12. The summed E-state index contributed by atoms with van der Waals surface area (Å²) in [6.07, 6.45) is 0. The molecule has 0 unspecified atom stereocenters. The van der Waals surface area contributed by atoms with Gasteiger partial charge < -0.3 is 21.3 Å². The van der Waals surface area contributed by atoms with Gasteiger partial charge in [-0.25, -0.2) is 4.79 Å². The zero-order chi connectivity index (χ0) is 49.1. The van der Waals surface area contributed by atoms with E-state index in [1.54, 1.807) is 0 Å². The van der Waals surface area contributed by atoms with E-state index in [-0.39, 0.29) is 21.5 Å². The number of anilines is 4. The van der Waals surface area contributed by atoms with Crippen LogP contribution in [0.3, 0.4) is 0 Å². The molecular formula is C35H26N4O21S6. The third-order valence-electron chi connectivity index (χ3n) is 9.01. The summed E-state index contributed by atoms with van der Waals surface area (Å²) in [5.74, 6) is -2.79. The maximum atomic E-state index is 13.5. The zero-order valence-corrected chi connectivity index (χ0v) is 36.9. The topological polar surface area (TPSA) is 426 Å². The van der Waals surface area contributed by atoms with Crippen molar-refractivity contribution in [1.29, 1.82) is 0 Å². The van der Waals surface area contributed by atoms with Gasteiger partial charge >= 0.3 is 6.03 Å². The molecule has 0 aliphatic heterocycles. The first-order valence-electron chi connectivity index (χ1n) is 17.2. The van der Waals surface area contributed by atoms with Crippen molar-refractivity contribution in [3.8, 4) is 0 Å². The molecule has 31 heteroatoms. The van der Waals surface area contributed by atoms with Crippen molar-refractivity contribution >= 4 is 123 Å². The van der Waals surface area contributed by atoms with Crippen molar-refractivity contribution in [1.82, 2.24) is 0 Å². The average Bonchev–Trinajstić information content (AvgIpc) is 3.18. The Morgan fingerprint density at radius 2 is 0.682 bits per heavy atom. The largest absolute Gasteiger partial charge is 0.323 e. The fraction of sp³-hybridized carbons (Fsp3) is 0. The molecule has 0 heterocycles. The van der Waals surface area contributed by atoms with Crippen LogP contribution >= 0.6 is 0 Å². The van der Waals surface area contributed by atoms with E-state index in [0.29, 0.717) is 24.3 Å². The minimum absolute atomic E-state index is 0.105. The highest BCUT2D eigenvalue weighted by Crippen LogP contribution is 2.33. The lowest BCUT2D eigenvalue weighted by atomic mass is 10.1. The van der Waals surface area contributed by atoms with Crippen LogP contribution in [0.25, 0.3) is 21.5 Å². The minimum atomic E-state index is -5.37. The molecule has 0 saturated heterocycles. The van der Waals surface area contributed by atoms with E-state index in [2.05, 4.69) is 21.3 Å². The standard InChI is InChI=1S/C35H26N4O21S6/c40-33(38-29-15-23(63(49,50)51)9-17-1-5-21(13-27(17)29)61(43,44)45)25-7-3-19(11-31(25)65(55,56)57)36-35(42)37-20-4-8-26(32(12-20)66(58,59)60)34(41)39-30-16-24(64(52,53)54)10-18-2-6-22(14-28(18)30)62(46,47)48/h1-16H,(H,38,40)(H,39,41)(H2,36,37,42)(H,43,44,45)(H,46,47,48)(H,49,50,51)(H,52,53,54)(H,55,56,57)(H,58,59,60). The molecule has 6 aromatic rings. The molecule has 0 bridgehead atoms. The Labute approximate surface area is 372 Å². The number of carbonyl (C=O) groups excluding carboxylic acids is 3. The van der Waals surface area contributed by atoms with Crippen molar-refractivity contribution in [3.63, 3.8) is 0 Å². The van der Waals surface area contributed by atoms with Crippen LogP contribution in [0.5, 0.6) is 0 Å². The van der Waals surface area contributed by atoms with Gasteiger partial charge in [0.25, 0.3) is 72.5 Å². The first kappa shape index (κ1) is 49.0. The van der Waals surface area contributed by atoms with Gasteiger partial charge in [-0.1, -0.05) is 12.1 Å². The predicted molar refractivity (Wildman–Crippen MR) is 228 cm³/mol. The fourth-order valence-corrected chi connectivity index (χ4v) is 9.65. The van der Waals surface area contributed by atoms with Gasteiger partial charge in [0.15, 0.2) is 0 Å². The Bertz CT molecular complexity index is 3580. The molecule has 0 radical (unpaired) electrons. The molecule has 0 atom stereocenters. The lowest BCUT2D eigenvalue weighted by molar-refractivity contribution is 0.101. The van der Waals surface area contributed by atoms with Crippen LogP contribution in [0.4, 0.5) is 27.5 Å². The Kier molecular flexibility index (Phi) is 12.7. The van der Waals surface area contributed by atoms with E-state index < -0.39 is 142 Å². The summed E-state index contributed by atoms with van der Waals surface area (Å²) in [5, 5.41) is 7.80. The highest BCUT2D eigenvalue weighted by atomic mass is 32.2. The lowest BCUT2D eigenvalue weighted by Crippen LogP contribution is -2.22. The number of urea groups is 1. The van der Waals surface area contributed by atoms with Crippen molar-refractivity contribution in [2.75, 3.05) is 21.3 Å². The SMILES string of the molecule is O=C(Nc1ccc(C(=O)Nc2cc(S(=O)(=O)O)cc3ccc(S(=O)(=O)O)cc23)c(S(=O)(=O)O)c1)Nc1ccc(C(=O)Nc2cc(S(=O)(=O)O)cc3ccc(S(=O)(=O)O)cc23)c(S(=O)(=O)O)c1. The van der Waals surface area contributed by atoms with Crippen LogP contribution in [-0.2, 0) is 60.7 Å². The van der Waals surface area contributed by atoms with Crippen LogP contribution in [0.15, 0.2) is 126 Å². The van der Waals surface area contributed by atoms with E-state index in [4.69, 9.17) is 0 Å². The monoisotopic (exact) mass is 1030 g/mol. The van der Waals surface area contributed by atoms with Crippen molar-refractivity contribution in [2.24, 2.45) is 0 Å². The Balaban J connectivity index is 1.28. The number of hydrogen-bond donors (Lipinski definition) is 10. The molecule has 0 spiro atoms. The molecule has 0 aliphatic rings. The first-order valence-corrected chi connectivity index (χ1v) is 25.8. The third kappa shape index (κ3) is 10.9. The van der Waals surface area contributed by atoms with Crippen LogP contribution in [0, 0.1) is 0 Å². The van der Waals surface area contributed by atoms with Crippen molar-refractivity contribution in [3.05, 3.63) is 108 Å². The van der Waals surface area contributed by atoms with Gasteiger partial charge in [0, 0.05) is 22.1 Å². The second kappa shape index (κ2) is 17.1. The van der Waals surface area contributed by atoms with E-state index in [0.717, 1.165) is 72.8 Å². The van der Waals surface area contributed by atoms with Gasteiger partial charge in [-0.15, -0.1) is 0 Å². The van der Waals surface area contributed by atoms with Crippen LogP contribution in [0.2, 0.25) is 0 Å². The number of amides is 4. The normalized spacial score (nSPS) is 12.7. The Morgan fingerprint density at radius 1 is 0.348 bits per heavy atom. The zero-order valence-electron chi connectivity index (χ0n) is 32.0. The number of fused-ring (bicyclic) bond motifs is 2. The number of carbonyl (C=O) groups is 3. The number of nitrogens with one attached hydrogen (secondary N) is 4. The maximum Gasteiger partial charge on any atom is 0.323 e. The van der Waals surface area contributed by atoms with Crippen LogP contribution < -0.4 is 21.3 Å². The summed E-state index contributed by atoms with van der Waals surface area (Å²) in [6.45, 7) is 0. The molecule has 10 N–H and O–H groups in total. The molecule has 348 valence electrons.